The molecule has 1 aliphatic carbocycles. The number of rotatable bonds is 9. The molecule has 0 saturated heterocycles. The summed E-state index contributed by atoms with van der Waals surface area (Å²) in [5.74, 6) is 0.724. The van der Waals surface area contributed by atoms with Gasteiger partial charge in [-0.2, -0.15) is 0 Å². The van der Waals surface area contributed by atoms with Gasteiger partial charge in [0.05, 0.1) is 11.6 Å². The maximum Gasteiger partial charge on any atom is 0.262 e. The zero-order valence-electron chi connectivity index (χ0n) is 19.2. The molecule has 2 N–H and O–H groups in total. The van der Waals surface area contributed by atoms with Crippen LogP contribution in [0.4, 0.5) is 5.69 Å². The minimum atomic E-state index is -0.248. The fourth-order valence-corrected chi connectivity index (χ4v) is 4.31. The van der Waals surface area contributed by atoms with Crippen LogP contribution in [0.25, 0.3) is 0 Å². The van der Waals surface area contributed by atoms with Crippen LogP contribution in [0.15, 0.2) is 36.4 Å². The van der Waals surface area contributed by atoms with E-state index in [9.17, 15) is 4.79 Å². The predicted molar refractivity (Wildman–Crippen MR) is 131 cm³/mol. The lowest BCUT2D eigenvalue weighted by Gasteiger charge is -2.22. The van der Waals surface area contributed by atoms with Gasteiger partial charge in [0.25, 0.3) is 5.91 Å². The summed E-state index contributed by atoms with van der Waals surface area (Å²) in [6.07, 6.45) is 9.07. The van der Waals surface area contributed by atoms with E-state index in [0.717, 1.165) is 23.4 Å². The molecule has 0 radical (unpaired) electrons. The molecule has 2 aromatic carbocycles. The fraction of sp³-hybridized carbons (Fsp3) is 0.500. The Hall–Kier alpha value is -2.24. The summed E-state index contributed by atoms with van der Waals surface area (Å²) < 4.78 is 11.6. The van der Waals surface area contributed by atoms with E-state index in [1.807, 2.05) is 50.2 Å². The first-order valence-corrected chi connectivity index (χ1v) is 12.1. The molecule has 3 rings (SSSR count). The Morgan fingerprint density at radius 3 is 2.41 bits per heavy atom. The van der Waals surface area contributed by atoms with Gasteiger partial charge in [-0.15, -0.1) is 0 Å². The monoisotopic (exact) mass is 458 g/mol. The number of benzene rings is 2. The SMILES string of the molecule is CCOc1cc(CNC2CCCCCCC2)cc(Cl)c1OCC(=O)Nc1ccc(C)cc1. The first kappa shape index (κ1) is 24.4. The molecule has 0 heterocycles. The fourth-order valence-electron chi connectivity index (χ4n) is 4.02. The Kier molecular flexibility index (Phi) is 9.69. The molecular formula is C26H35ClN2O3. The third-order valence-electron chi connectivity index (χ3n) is 5.75. The normalized spacial score (nSPS) is 15.0. The highest BCUT2D eigenvalue weighted by molar-refractivity contribution is 6.32. The van der Waals surface area contributed by atoms with E-state index in [0.29, 0.717) is 29.2 Å². The van der Waals surface area contributed by atoms with Crippen LogP contribution < -0.4 is 20.1 Å². The molecule has 1 amide bonds. The molecule has 5 nitrogen and oxygen atoms in total. The minimum Gasteiger partial charge on any atom is -0.490 e. The first-order valence-electron chi connectivity index (χ1n) is 11.7. The van der Waals surface area contributed by atoms with Gasteiger partial charge < -0.3 is 20.1 Å². The molecule has 6 heteroatoms. The van der Waals surface area contributed by atoms with E-state index in [2.05, 4.69) is 10.6 Å². The highest BCUT2D eigenvalue weighted by atomic mass is 35.5. The molecule has 1 fully saturated rings. The van der Waals surface area contributed by atoms with Crippen molar-refractivity contribution in [3.8, 4) is 11.5 Å². The number of anilines is 1. The number of halogens is 1. The van der Waals surface area contributed by atoms with Crippen molar-refractivity contribution in [2.45, 2.75) is 71.4 Å². The second-order valence-corrected chi connectivity index (χ2v) is 8.87. The Labute approximate surface area is 196 Å². The second-order valence-electron chi connectivity index (χ2n) is 8.46. The minimum absolute atomic E-state index is 0.145. The molecule has 0 bridgehead atoms. The van der Waals surface area contributed by atoms with E-state index in [1.165, 1.54) is 44.9 Å². The average Bonchev–Trinajstić information content (AvgIpc) is 2.74. The number of ether oxygens (including phenoxy) is 2. The molecule has 0 aliphatic heterocycles. The third kappa shape index (κ3) is 7.72. The predicted octanol–water partition coefficient (Wildman–Crippen LogP) is 6.27. The van der Waals surface area contributed by atoms with Gasteiger partial charge in [0, 0.05) is 18.3 Å². The van der Waals surface area contributed by atoms with Gasteiger partial charge in [-0.25, -0.2) is 0 Å². The van der Waals surface area contributed by atoms with Crippen LogP contribution in [0.2, 0.25) is 5.02 Å². The molecule has 2 aromatic rings. The van der Waals surface area contributed by atoms with Crippen LogP contribution in [-0.2, 0) is 11.3 Å². The van der Waals surface area contributed by atoms with E-state index in [1.54, 1.807) is 0 Å². The number of carbonyl (C=O) groups excluding carboxylic acids is 1. The van der Waals surface area contributed by atoms with Crippen molar-refractivity contribution >= 4 is 23.2 Å². The Morgan fingerprint density at radius 2 is 1.72 bits per heavy atom. The summed E-state index contributed by atoms with van der Waals surface area (Å²) >= 11 is 6.54. The number of amides is 1. The zero-order valence-corrected chi connectivity index (χ0v) is 20.0. The van der Waals surface area contributed by atoms with Gasteiger partial charge in [0.2, 0.25) is 0 Å². The van der Waals surface area contributed by atoms with Crippen molar-refractivity contribution < 1.29 is 14.3 Å². The van der Waals surface area contributed by atoms with Crippen molar-refractivity contribution in [2.75, 3.05) is 18.5 Å². The molecule has 0 aromatic heterocycles. The molecule has 0 atom stereocenters. The van der Waals surface area contributed by atoms with Gasteiger partial charge in [-0.3, -0.25) is 4.79 Å². The largest absolute Gasteiger partial charge is 0.490 e. The van der Waals surface area contributed by atoms with E-state index in [-0.39, 0.29) is 12.5 Å². The van der Waals surface area contributed by atoms with Gasteiger partial charge in [-0.1, -0.05) is 61.4 Å². The van der Waals surface area contributed by atoms with Crippen LogP contribution in [0.1, 0.15) is 63.0 Å². The van der Waals surface area contributed by atoms with Crippen LogP contribution in [0, 0.1) is 6.92 Å². The molecular weight excluding hydrogens is 424 g/mol. The molecule has 1 saturated carbocycles. The maximum absolute atomic E-state index is 12.3. The van der Waals surface area contributed by atoms with E-state index in [4.69, 9.17) is 21.1 Å². The van der Waals surface area contributed by atoms with Crippen LogP contribution in [-0.4, -0.2) is 25.2 Å². The number of aryl methyl sites for hydroxylation is 1. The second kappa shape index (κ2) is 12.7. The van der Waals surface area contributed by atoms with Crippen molar-refractivity contribution in [1.82, 2.24) is 5.32 Å². The van der Waals surface area contributed by atoms with Gasteiger partial charge in [0.1, 0.15) is 0 Å². The molecule has 1 aliphatic rings. The Balaban J connectivity index is 1.60. The summed E-state index contributed by atoms with van der Waals surface area (Å²) in [6.45, 7) is 5.00. The maximum atomic E-state index is 12.3. The highest BCUT2D eigenvalue weighted by Gasteiger charge is 2.16. The highest BCUT2D eigenvalue weighted by Crippen LogP contribution is 2.37. The zero-order chi connectivity index (χ0) is 22.8. The Bertz CT molecular complexity index is 862. The summed E-state index contributed by atoms with van der Waals surface area (Å²) in [6, 6.07) is 12.0. The smallest absolute Gasteiger partial charge is 0.262 e. The summed E-state index contributed by atoms with van der Waals surface area (Å²) in [5, 5.41) is 6.97. The summed E-state index contributed by atoms with van der Waals surface area (Å²) in [4.78, 5) is 12.3. The average molecular weight is 459 g/mol. The van der Waals surface area contributed by atoms with Crippen molar-refractivity contribution in [3.05, 3.63) is 52.5 Å². The quantitative estimate of drug-likeness (QED) is 0.465. The van der Waals surface area contributed by atoms with Crippen molar-refractivity contribution in [3.63, 3.8) is 0 Å². The molecule has 0 unspecified atom stereocenters. The third-order valence-corrected chi connectivity index (χ3v) is 6.03. The standard InChI is InChI=1S/C26H35ClN2O3/c1-3-31-24-16-20(17-28-21-9-7-5-4-6-8-10-21)15-23(27)26(24)32-18-25(30)29-22-13-11-19(2)12-14-22/h11-16,21,28H,3-10,17-18H2,1-2H3,(H,29,30). The molecule has 32 heavy (non-hydrogen) atoms. The van der Waals surface area contributed by atoms with E-state index < -0.39 is 0 Å². The summed E-state index contributed by atoms with van der Waals surface area (Å²) in [5.41, 5.74) is 2.92. The Morgan fingerprint density at radius 1 is 1.03 bits per heavy atom. The van der Waals surface area contributed by atoms with Gasteiger partial charge in [0.15, 0.2) is 18.1 Å². The van der Waals surface area contributed by atoms with E-state index >= 15 is 0 Å². The number of hydrogen-bond donors (Lipinski definition) is 2. The van der Waals surface area contributed by atoms with Crippen molar-refractivity contribution in [2.24, 2.45) is 0 Å². The lowest BCUT2D eigenvalue weighted by atomic mass is 9.96. The molecule has 0 spiro atoms. The van der Waals surface area contributed by atoms with Gasteiger partial charge in [-0.05, 0) is 56.5 Å². The summed E-state index contributed by atoms with van der Waals surface area (Å²) in [7, 11) is 0. The van der Waals surface area contributed by atoms with Crippen LogP contribution in [0.5, 0.6) is 11.5 Å². The topological polar surface area (TPSA) is 59.6 Å². The van der Waals surface area contributed by atoms with Gasteiger partial charge >= 0.3 is 0 Å². The number of carbonyl (C=O) groups is 1. The van der Waals surface area contributed by atoms with Crippen molar-refractivity contribution in [1.29, 1.82) is 0 Å². The number of nitrogens with one attached hydrogen (secondary N) is 2. The van der Waals surface area contributed by atoms with Crippen LogP contribution in [0.3, 0.4) is 0 Å². The lowest BCUT2D eigenvalue weighted by Crippen LogP contribution is -2.29. The molecule has 174 valence electrons. The lowest BCUT2D eigenvalue weighted by molar-refractivity contribution is -0.118. The number of hydrogen-bond acceptors (Lipinski definition) is 4. The first-order chi connectivity index (χ1) is 15.5. The van der Waals surface area contributed by atoms with Crippen LogP contribution >= 0.6 is 11.6 Å².